The van der Waals surface area contributed by atoms with Crippen molar-refractivity contribution in [2.45, 2.75) is 20.3 Å². The average molecular weight is 442 g/mol. The summed E-state index contributed by atoms with van der Waals surface area (Å²) in [6.07, 6.45) is 0.716. The molecule has 0 radical (unpaired) electrons. The molecule has 0 atom stereocenters. The molecule has 0 aliphatic rings. The van der Waals surface area contributed by atoms with Gasteiger partial charge in [0.05, 0.1) is 32.7 Å². The van der Waals surface area contributed by atoms with E-state index in [1.54, 1.807) is 33.5 Å². The molecule has 0 aliphatic heterocycles. The Morgan fingerprint density at radius 2 is 1.65 bits per heavy atom. The molecule has 0 fully saturated rings. The Labute approximate surface area is 185 Å². The molecule has 0 bridgehead atoms. The highest BCUT2D eigenvalue weighted by Gasteiger charge is 2.17. The van der Waals surface area contributed by atoms with Crippen LogP contribution in [0.3, 0.4) is 0 Å². The van der Waals surface area contributed by atoms with E-state index in [-0.39, 0.29) is 5.75 Å². The molecule has 1 N–H and O–H groups in total. The highest BCUT2D eigenvalue weighted by molar-refractivity contribution is 7.07. The number of phenols is 1. The van der Waals surface area contributed by atoms with Gasteiger partial charge in [-0.05, 0) is 55.3 Å². The molecule has 3 rings (SSSR count). The lowest BCUT2D eigenvalue weighted by Crippen LogP contribution is -2.15. The lowest BCUT2D eigenvalue weighted by Gasteiger charge is -2.14. The monoisotopic (exact) mass is 441 g/mol. The first-order valence-electron chi connectivity index (χ1n) is 9.94. The van der Waals surface area contributed by atoms with E-state index in [1.807, 2.05) is 48.2 Å². The second-order valence-corrected chi connectivity index (χ2v) is 7.39. The number of hydrogen-bond acceptors (Lipinski definition) is 7. The maximum Gasteiger partial charge on any atom is 0.206 e. The van der Waals surface area contributed by atoms with Crippen LogP contribution in [-0.4, -0.2) is 43.4 Å². The third kappa shape index (κ3) is 4.74. The van der Waals surface area contributed by atoms with Gasteiger partial charge in [0, 0.05) is 17.5 Å². The zero-order valence-corrected chi connectivity index (χ0v) is 19.2. The molecule has 2 aromatic carbocycles. The molecule has 1 heterocycles. The second kappa shape index (κ2) is 10.2. The van der Waals surface area contributed by atoms with Gasteiger partial charge in [-0.2, -0.15) is 5.10 Å². The van der Waals surface area contributed by atoms with Crippen LogP contribution in [0.2, 0.25) is 0 Å². The Hall–Kier alpha value is -3.26. The van der Waals surface area contributed by atoms with Crippen LogP contribution in [0.1, 0.15) is 25.8 Å². The zero-order valence-electron chi connectivity index (χ0n) is 18.4. The summed E-state index contributed by atoms with van der Waals surface area (Å²) in [5, 5.41) is 16.6. The van der Waals surface area contributed by atoms with Crippen LogP contribution < -0.4 is 19.0 Å². The van der Waals surface area contributed by atoms with Gasteiger partial charge in [0.2, 0.25) is 10.6 Å². The summed E-state index contributed by atoms with van der Waals surface area (Å²) in [5.74, 6) is 1.90. The highest BCUT2D eigenvalue weighted by atomic mass is 32.1. The van der Waals surface area contributed by atoms with Crippen LogP contribution >= 0.6 is 11.3 Å². The third-order valence-electron chi connectivity index (χ3n) is 4.70. The minimum atomic E-state index is 0.224. The van der Waals surface area contributed by atoms with Gasteiger partial charge in [0.1, 0.15) is 5.75 Å². The molecule has 164 valence electrons. The molecule has 0 amide bonds. The van der Waals surface area contributed by atoms with Gasteiger partial charge in [-0.25, -0.2) is 4.68 Å². The lowest BCUT2D eigenvalue weighted by atomic mass is 10.1. The van der Waals surface area contributed by atoms with Gasteiger partial charge in [0.25, 0.3) is 0 Å². The van der Waals surface area contributed by atoms with Crippen LogP contribution in [0.15, 0.2) is 51.9 Å². The highest BCUT2D eigenvalue weighted by Crippen LogP contribution is 2.41. The summed E-state index contributed by atoms with van der Waals surface area (Å²) >= 11 is 1.52. The molecule has 0 spiro atoms. The Morgan fingerprint density at radius 3 is 2.16 bits per heavy atom. The van der Waals surface area contributed by atoms with Crippen molar-refractivity contribution in [2.24, 2.45) is 10.1 Å². The predicted octanol–water partition coefficient (Wildman–Crippen LogP) is 4.53. The molecule has 3 aromatic rings. The molecule has 0 saturated heterocycles. The van der Waals surface area contributed by atoms with Crippen molar-refractivity contribution in [3.63, 3.8) is 0 Å². The Morgan fingerprint density at radius 1 is 1.00 bits per heavy atom. The molecule has 8 heteroatoms. The number of ether oxygens (including phenoxy) is 3. The largest absolute Gasteiger partial charge is 0.508 e. The molecular formula is C23H27N3O4S. The second-order valence-electron chi connectivity index (χ2n) is 6.55. The quantitative estimate of drug-likeness (QED) is 0.521. The minimum absolute atomic E-state index is 0.224. The fourth-order valence-corrected chi connectivity index (χ4v) is 4.07. The number of phenolic OH excluding ortho intramolecular Hbond substituents is 1. The molecular weight excluding hydrogens is 414 g/mol. The Balaban J connectivity index is 2.23. The van der Waals surface area contributed by atoms with E-state index >= 15 is 0 Å². The van der Waals surface area contributed by atoms with Crippen molar-refractivity contribution in [3.8, 4) is 34.3 Å². The van der Waals surface area contributed by atoms with Gasteiger partial charge < -0.3 is 19.3 Å². The summed E-state index contributed by atoms with van der Waals surface area (Å²) in [5.41, 5.74) is 3.55. The molecule has 0 unspecified atom stereocenters. The van der Waals surface area contributed by atoms with Gasteiger partial charge in [-0.15, -0.1) is 11.3 Å². The lowest BCUT2D eigenvalue weighted by molar-refractivity contribution is 0.324. The number of methoxy groups -OCH3 is 3. The molecule has 1 aromatic heterocycles. The van der Waals surface area contributed by atoms with E-state index in [4.69, 9.17) is 19.3 Å². The smallest absolute Gasteiger partial charge is 0.206 e. The topological polar surface area (TPSA) is 77.6 Å². The van der Waals surface area contributed by atoms with Crippen molar-refractivity contribution in [2.75, 3.05) is 27.9 Å². The van der Waals surface area contributed by atoms with Gasteiger partial charge >= 0.3 is 0 Å². The van der Waals surface area contributed by atoms with Crippen molar-refractivity contribution < 1.29 is 19.3 Å². The van der Waals surface area contributed by atoms with Crippen molar-refractivity contribution in [1.29, 1.82) is 0 Å². The summed E-state index contributed by atoms with van der Waals surface area (Å²) in [4.78, 5) is 5.40. The number of benzene rings is 2. The van der Waals surface area contributed by atoms with Crippen molar-refractivity contribution >= 4 is 17.0 Å². The first-order valence-corrected chi connectivity index (χ1v) is 10.8. The predicted molar refractivity (Wildman–Crippen MR) is 124 cm³/mol. The molecule has 31 heavy (non-hydrogen) atoms. The fraction of sp³-hybridized carbons (Fsp3) is 0.304. The van der Waals surface area contributed by atoms with E-state index in [2.05, 4.69) is 4.99 Å². The number of hydrogen-bond donors (Lipinski definition) is 1. The number of thiazole rings is 1. The summed E-state index contributed by atoms with van der Waals surface area (Å²) < 4.78 is 18.3. The first kappa shape index (κ1) is 22.4. The van der Waals surface area contributed by atoms with Gasteiger partial charge in [-0.3, -0.25) is 4.99 Å². The standard InChI is InChI=1S/C23H27N3O4S/c1-6-18(15-8-10-17(27)11-9-15)25-26-19(14-31-23(26)24-7-2)16-12-20(28-3)22(30-5)21(13-16)29-4/h8-14,27H,6-7H2,1-5H3. The van der Waals surface area contributed by atoms with E-state index in [9.17, 15) is 5.11 Å². The van der Waals surface area contributed by atoms with Crippen LogP contribution in [0, 0.1) is 0 Å². The summed E-state index contributed by atoms with van der Waals surface area (Å²) in [7, 11) is 4.77. The summed E-state index contributed by atoms with van der Waals surface area (Å²) in [6.45, 7) is 4.69. The fourth-order valence-electron chi connectivity index (χ4n) is 3.17. The van der Waals surface area contributed by atoms with Gasteiger partial charge in [-0.1, -0.05) is 6.92 Å². The number of aromatic hydroxyl groups is 1. The maximum atomic E-state index is 9.62. The van der Waals surface area contributed by atoms with E-state index in [0.29, 0.717) is 30.2 Å². The Bertz CT molecular complexity index is 1110. The number of aromatic nitrogens is 1. The van der Waals surface area contributed by atoms with E-state index in [1.165, 1.54) is 11.3 Å². The van der Waals surface area contributed by atoms with Gasteiger partial charge in [0.15, 0.2) is 11.5 Å². The Kier molecular flexibility index (Phi) is 7.36. The number of nitrogens with zero attached hydrogens (tertiary/aromatic N) is 3. The minimum Gasteiger partial charge on any atom is -0.508 e. The first-order chi connectivity index (χ1) is 15.1. The van der Waals surface area contributed by atoms with Crippen molar-refractivity contribution in [1.82, 2.24) is 4.68 Å². The van der Waals surface area contributed by atoms with Crippen LogP contribution in [0.5, 0.6) is 23.0 Å². The molecule has 0 aliphatic carbocycles. The average Bonchev–Trinajstić information content (AvgIpc) is 3.19. The number of rotatable bonds is 8. The van der Waals surface area contributed by atoms with Crippen LogP contribution in [0.25, 0.3) is 11.3 Å². The van der Waals surface area contributed by atoms with Crippen LogP contribution in [0.4, 0.5) is 0 Å². The van der Waals surface area contributed by atoms with E-state index in [0.717, 1.165) is 27.3 Å². The third-order valence-corrected chi connectivity index (χ3v) is 5.55. The van der Waals surface area contributed by atoms with Crippen molar-refractivity contribution in [3.05, 3.63) is 52.1 Å². The van der Waals surface area contributed by atoms with Crippen LogP contribution in [-0.2, 0) is 0 Å². The SMILES string of the molecule is CCN=c1scc(-c2cc(OC)c(OC)c(OC)c2)n1N=C(CC)c1ccc(O)cc1. The summed E-state index contributed by atoms with van der Waals surface area (Å²) in [6, 6.07) is 10.8. The zero-order chi connectivity index (χ0) is 22.4. The molecule has 0 saturated carbocycles. The maximum absolute atomic E-state index is 9.62. The molecule has 7 nitrogen and oxygen atoms in total. The van der Waals surface area contributed by atoms with E-state index < -0.39 is 0 Å². The normalized spacial score (nSPS) is 12.2.